The topological polar surface area (TPSA) is 60.2 Å². The first-order valence-corrected chi connectivity index (χ1v) is 6.08. The summed E-state index contributed by atoms with van der Waals surface area (Å²) in [4.78, 5) is 21.0. The van der Waals surface area contributed by atoms with Crippen LogP contribution in [0.3, 0.4) is 0 Å². The van der Waals surface area contributed by atoms with E-state index in [0.717, 1.165) is 23.1 Å². The molecule has 6 heteroatoms. The maximum absolute atomic E-state index is 10.6. The molecule has 0 aromatic carbocycles. The maximum Gasteiger partial charge on any atom is 0.331 e. The van der Waals surface area contributed by atoms with Gasteiger partial charge >= 0.3 is 5.00 Å². The Hall–Kier alpha value is -1.01. The second kappa shape index (κ2) is 5.77. The van der Waals surface area contributed by atoms with Crippen molar-refractivity contribution in [2.45, 2.75) is 6.42 Å². The molecule has 1 aromatic rings. The number of halogens is 1. The second-order valence-electron chi connectivity index (χ2n) is 2.66. The molecular weight excluding hydrogens is 282 g/mol. The molecule has 0 amide bonds. The van der Waals surface area contributed by atoms with Crippen molar-refractivity contribution in [3.8, 4) is 0 Å². The summed E-state index contributed by atoms with van der Waals surface area (Å²) in [6.07, 6.45) is 4.92. The number of nitro groups is 1. The highest BCUT2D eigenvalue weighted by molar-refractivity contribution is 9.09. The molecule has 0 bridgehead atoms. The molecule has 0 saturated heterocycles. The Kier molecular flexibility index (Phi) is 4.64. The molecule has 80 valence electrons. The van der Waals surface area contributed by atoms with E-state index in [1.807, 2.05) is 6.08 Å². The summed E-state index contributed by atoms with van der Waals surface area (Å²) in [5.41, 5.74) is 0.494. The third-order valence-electron chi connectivity index (χ3n) is 1.61. The Labute approximate surface area is 98.9 Å². The summed E-state index contributed by atoms with van der Waals surface area (Å²) in [5.74, 6) is 0. The van der Waals surface area contributed by atoms with Crippen LogP contribution in [-0.4, -0.2) is 16.5 Å². The predicted octanol–water partition coefficient (Wildman–Crippen LogP) is 3.27. The van der Waals surface area contributed by atoms with Crippen LogP contribution in [0.5, 0.6) is 0 Å². The Bertz CT molecular complexity index is 400. The quantitative estimate of drug-likeness (QED) is 0.362. The van der Waals surface area contributed by atoms with Gasteiger partial charge in [0.1, 0.15) is 0 Å². The highest BCUT2D eigenvalue weighted by atomic mass is 79.9. The third-order valence-corrected chi connectivity index (χ3v) is 3.10. The fourth-order valence-corrected chi connectivity index (χ4v) is 2.05. The summed E-state index contributed by atoms with van der Waals surface area (Å²) >= 11 is 4.15. The van der Waals surface area contributed by atoms with E-state index in [0.29, 0.717) is 16.7 Å². The molecule has 4 nitrogen and oxygen atoms in total. The van der Waals surface area contributed by atoms with Crippen LogP contribution in [0.4, 0.5) is 5.00 Å². The van der Waals surface area contributed by atoms with Gasteiger partial charge in [0.25, 0.3) is 0 Å². The SMILES string of the molecule is O=Cc1cc(C=CCCBr)c([N+](=O)[O-])s1. The zero-order valence-corrected chi connectivity index (χ0v) is 10.1. The van der Waals surface area contributed by atoms with Crippen LogP contribution in [0.25, 0.3) is 6.08 Å². The van der Waals surface area contributed by atoms with Gasteiger partial charge in [-0.2, -0.15) is 0 Å². The summed E-state index contributed by atoms with van der Waals surface area (Å²) < 4.78 is 0. The number of carbonyl (C=O) groups is 1. The molecule has 0 fully saturated rings. The van der Waals surface area contributed by atoms with Gasteiger partial charge in [0.05, 0.1) is 15.4 Å². The normalized spacial score (nSPS) is 10.7. The summed E-state index contributed by atoms with van der Waals surface area (Å²) in [5, 5.41) is 11.5. The molecule has 1 rings (SSSR count). The standard InChI is InChI=1S/C9H8BrNO3S/c10-4-2-1-3-7-5-8(6-12)15-9(7)11(13)14/h1,3,5-6H,2,4H2. The van der Waals surface area contributed by atoms with Crippen molar-refractivity contribution in [1.29, 1.82) is 0 Å². The Balaban J connectivity index is 2.98. The van der Waals surface area contributed by atoms with E-state index in [-0.39, 0.29) is 5.00 Å². The Morgan fingerprint density at radius 3 is 2.87 bits per heavy atom. The average Bonchev–Trinajstić information content (AvgIpc) is 2.62. The van der Waals surface area contributed by atoms with Crippen molar-refractivity contribution in [1.82, 2.24) is 0 Å². The number of rotatable bonds is 5. The molecule has 0 saturated carbocycles. The van der Waals surface area contributed by atoms with Crippen molar-refractivity contribution < 1.29 is 9.72 Å². The minimum absolute atomic E-state index is 0.0166. The van der Waals surface area contributed by atoms with Crippen LogP contribution >= 0.6 is 27.3 Å². The molecule has 15 heavy (non-hydrogen) atoms. The van der Waals surface area contributed by atoms with E-state index in [1.165, 1.54) is 6.07 Å². The first-order valence-electron chi connectivity index (χ1n) is 4.15. The summed E-state index contributed by atoms with van der Waals surface area (Å²) in [7, 11) is 0. The second-order valence-corrected chi connectivity index (χ2v) is 4.52. The van der Waals surface area contributed by atoms with Crippen molar-refractivity contribution in [3.63, 3.8) is 0 Å². The lowest BCUT2D eigenvalue weighted by Crippen LogP contribution is -1.85. The number of allylic oxidation sites excluding steroid dienone is 1. The first kappa shape index (κ1) is 12.1. The number of aldehydes is 1. The van der Waals surface area contributed by atoms with E-state index >= 15 is 0 Å². The van der Waals surface area contributed by atoms with Gasteiger partial charge in [0.2, 0.25) is 0 Å². The van der Waals surface area contributed by atoms with Gasteiger partial charge in [-0.05, 0) is 12.5 Å². The molecule has 0 aliphatic carbocycles. The minimum atomic E-state index is -0.467. The van der Waals surface area contributed by atoms with Gasteiger partial charge in [-0.25, -0.2) is 0 Å². The van der Waals surface area contributed by atoms with Crippen LogP contribution in [0.2, 0.25) is 0 Å². The molecule has 0 N–H and O–H groups in total. The maximum atomic E-state index is 10.6. The minimum Gasteiger partial charge on any atom is -0.297 e. The molecule has 0 aliphatic rings. The highest BCUT2D eigenvalue weighted by Crippen LogP contribution is 2.30. The number of hydrogen-bond acceptors (Lipinski definition) is 4. The van der Waals surface area contributed by atoms with Crippen LogP contribution < -0.4 is 0 Å². The van der Waals surface area contributed by atoms with Crippen LogP contribution in [0.15, 0.2) is 12.1 Å². The van der Waals surface area contributed by atoms with Crippen molar-refractivity contribution in [2.24, 2.45) is 0 Å². The van der Waals surface area contributed by atoms with Crippen molar-refractivity contribution >= 4 is 44.6 Å². The van der Waals surface area contributed by atoms with Crippen molar-refractivity contribution in [3.05, 3.63) is 32.7 Å². The molecule has 0 unspecified atom stereocenters. The van der Waals surface area contributed by atoms with E-state index in [4.69, 9.17) is 0 Å². The molecule has 1 heterocycles. The fraction of sp³-hybridized carbons (Fsp3) is 0.222. The lowest BCUT2D eigenvalue weighted by molar-refractivity contribution is -0.380. The van der Waals surface area contributed by atoms with Crippen LogP contribution in [-0.2, 0) is 0 Å². The van der Waals surface area contributed by atoms with E-state index in [2.05, 4.69) is 15.9 Å². The van der Waals surface area contributed by atoms with Gasteiger partial charge in [-0.15, -0.1) is 0 Å². The lowest BCUT2D eigenvalue weighted by atomic mass is 10.2. The molecule has 0 spiro atoms. The monoisotopic (exact) mass is 289 g/mol. The molecular formula is C9H8BrNO3S. The number of carbonyl (C=O) groups excluding carboxylic acids is 1. The van der Waals surface area contributed by atoms with E-state index in [9.17, 15) is 14.9 Å². The number of alkyl halides is 1. The largest absolute Gasteiger partial charge is 0.331 e. The molecule has 1 aromatic heterocycles. The smallest absolute Gasteiger partial charge is 0.297 e. The molecule has 0 atom stereocenters. The molecule has 0 aliphatic heterocycles. The zero-order chi connectivity index (χ0) is 11.3. The summed E-state index contributed by atoms with van der Waals surface area (Å²) in [6.45, 7) is 0. The molecule has 0 radical (unpaired) electrons. The van der Waals surface area contributed by atoms with E-state index in [1.54, 1.807) is 6.08 Å². The average molecular weight is 290 g/mol. The predicted molar refractivity (Wildman–Crippen MR) is 63.8 cm³/mol. The third kappa shape index (κ3) is 3.24. The summed E-state index contributed by atoms with van der Waals surface area (Å²) in [6, 6.07) is 1.53. The van der Waals surface area contributed by atoms with Crippen molar-refractivity contribution in [2.75, 3.05) is 5.33 Å². The van der Waals surface area contributed by atoms with Crippen LogP contribution in [0.1, 0.15) is 21.7 Å². The highest BCUT2D eigenvalue weighted by Gasteiger charge is 2.16. The van der Waals surface area contributed by atoms with Gasteiger partial charge < -0.3 is 0 Å². The van der Waals surface area contributed by atoms with Gasteiger partial charge in [-0.3, -0.25) is 14.9 Å². The van der Waals surface area contributed by atoms with Gasteiger partial charge in [-0.1, -0.05) is 39.4 Å². The Morgan fingerprint density at radius 2 is 2.33 bits per heavy atom. The lowest BCUT2D eigenvalue weighted by Gasteiger charge is -1.87. The van der Waals surface area contributed by atoms with Gasteiger partial charge in [0.15, 0.2) is 6.29 Å². The zero-order valence-electron chi connectivity index (χ0n) is 7.68. The first-order chi connectivity index (χ1) is 7.19. The number of hydrogen-bond donors (Lipinski definition) is 0. The Morgan fingerprint density at radius 1 is 1.60 bits per heavy atom. The van der Waals surface area contributed by atoms with Gasteiger partial charge in [0, 0.05) is 5.33 Å². The number of nitrogens with zero attached hydrogens (tertiary/aromatic N) is 1. The van der Waals surface area contributed by atoms with E-state index < -0.39 is 4.92 Å². The van der Waals surface area contributed by atoms with Crippen LogP contribution in [0, 0.1) is 10.1 Å². The fourth-order valence-electron chi connectivity index (χ4n) is 1.01. The number of thiophene rings is 1.